The SMILES string of the molecule is O=C1Cc2cc(-c3cnc(C4(CO)CC4)[nH]3)ccc2N1. The van der Waals surface area contributed by atoms with E-state index < -0.39 is 0 Å². The highest BCUT2D eigenvalue weighted by Gasteiger charge is 2.46. The highest BCUT2D eigenvalue weighted by Crippen LogP contribution is 2.46. The van der Waals surface area contributed by atoms with Gasteiger partial charge in [0.15, 0.2) is 0 Å². The van der Waals surface area contributed by atoms with Crippen molar-refractivity contribution in [2.24, 2.45) is 0 Å². The summed E-state index contributed by atoms with van der Waals surface area (Å²) in [6.45, 7) is 0.141. The van der Waals surface area contributed by atoms with E-state index >= 15 is 0 Å². The van der Waals surface area contributed by atoms with Crippen LogP contribution in [-0.4, -0.2) is 27.6 Å². The monoisotopic (exact) mass is 269 g/mol. The number of benzene rings is 1. The van der Waals surface area contributed by atoms with Crippen LogP contribution in [0.25, 0.3) is 11.3 Å². The Kier molecular flexibility index (Phi) is 2.29. The summed E-state index contributed by atoms with van der Waals surface area (Å²) in [4.78, 5) is 19.1. The van der Waals surface area contributed by atoms with Gasteiger partial charge in [0.05, 0.1) is 30.3 Å². The molecule has 1 saturated carbocycles. The fourth-order valence-electron chi connectivity index (χ4n) is 2.75. The van der Waals surface area contributed by atoms with Gasteiger partial charge in [-0.05, 0) is 36.1 Å². The summed E-state index contributed by atoms with van der Waals surface area (Å²) in [6, 6.07) is 5.91. The van der Waals surface area contributed by atoms with Gasteiger partial charge in [-0.2, -0.15) is 0 Å². The second-order valence-electron chi connectivity index (χ2n) is 5.68. The molecular weight excluding hydrogens is 254 g/mol. The van der Waals surface area contributed by atoms with Gasteiger partial charge in [0.2, 0.25) is 5.91 Å². The molecule has 1 aliphatic heterocycles. The number of hydrogen-bond donors (Lipinski definition) is 3. The van der Waals surface area contributed by atoms with Gasteiger partial charge in [-0.15, -0.1) is 0 Å². The molecule has 1 aliphatic carbocycles. The van der Waals surface area contributed by atoms with Crippen LogP contribution in [0.1, 0.15) is 24.2 Å². The lowest BCUT2D eigenvalue weighted by Gasteiger charge is -2.07. The Labute approximate surface area is 116 Å². The topological polar surface area (TPSA) is 78.0 Å². The Morgan fingerprint density at radius 1 is 1.35 bits per heavy atom. The van der Waals surface area contributed by atoms with Crippen LogP contribution in [0, 0.1) is 0 Å². The van der Waals surface area contributed by atoms with Crippen molar-refractivity contribution in [1.82, 2.24) is 9.97 Å². The third kappa shape index (κ3) is 1.67. The molecule has 5 heteroatoms. The minimum Gasteiger partial charge on any atom is -0.395 e. The number of H-pyrrole nitrogens is 1. The number of carbonyl (C=O) groups is 1. The highest BCUT2D eigenvalue weighted by molar-refractivity contribution is 5.99. The van der Waals surface area contributed by atoms with E-state index in [-0.39, 0.29) is 17.9 Å². The van der Waals surface area contributed by atoms with Crippen molar-refractivity contribution < 1.29 is 9.90 Å². The number of aromatic amines is 1. The van der Waals surface area contributed by atoms with Crippen molar-refractivity contribution in [3.05, 3.63) is 35.8 Å². The fourth-order valence-corrected chi connectivity index (χ4v) is 2.75. The van der Waals surface area contributed by atoms with Crippen molar-refractivity contribution in [2.75, 3.05) is 11.9 Å². The first-order valence-electron chi connectivity index (χ1n) is 6.80. The molecule has 102 valence electrons. The number of nitrogens with zero attached hydrogens (tertiary/aromatic N) is 1. The number of carbonyl (C=O) groups excluding carboxylic acids is 1. The van der Waals surface area contributed by atoms with E-state index in [1.165, 1.54) is 0 Å². The summed E-state index contributed by atoms with van der Waals surface area (Å²) >= 11 is 0. The molecule has 0 unspecified atom stereocenters. The van der Waals surface area contributed by atoms with E-state index in [4.69, 9.17) is 0 Å². The largest absolute Gasteiger partial charge is 0.395 e. The minimum absolute atomic E-state index is 0.0414. The van der Waals surface area contributed by atoms with E-state index in [2.05, 4.69) is 15.3 Å². The number of anilines is 1. The molecule has 5 nitrogen and oxygen atoms in total. The standard InChI is InChI=1S/C15H15N3O2/c19-8-15(3-4-15)14-16-7-12(18-14)9-1-2-11-10(5-9)6-13(20)17-11/h1-2,5,7,19H,3-4,6,8H2,(H,16,18)(H,17,20). The number of aliphatic hydroxyl groups excluding tert-OH is 1. The molecule has 1 aromatic heterocycles. The average Bonchev–Trinajstić information content (AvgIpc) is 2.93. The molecule has 2 heterocycles. The average molecular weight is 269 g/mol. The number of amides is 1. The lowest BCUT2D eigenvalue weighted by atomic mass is 10.1. The van der Waals surface area contributed by atoms with Gasteiger partial charge in [-0.25, -0.2) is 4.98 Å². The van der Waals surface area contributed by atoms with Crippen LogP contribution < -0.4 is 5.32 Å². The van der Waals surface area contributed by atoms with Gasteiger partial charge in [-0.1, -0.05) is 6.07 Å². The number of fused-ring (bicyclic) bond motifs is 1. The molecule has 4 rings (SSSR count). The smallest absolute Gasteiger partial charge is 0.228 e. The van der Waals surface area contributed by atoms with Gasteiger partial charge >= 0.3 is 0 Å². The lowest BCUT2D eigenvalue weighted by Crippen LogP contribution is -2.13. The zero-order valence-corrected chi connectivity index (χ0v) is 10.9. The molecule has 1 amide bonds. The Morgan fingerprint density at radius 3 is 2.95 bits per heavy atom. The molecule has 2 aromatic rings. The van der Waals surface area contributed by atoms with Gasteiger partial charge in [0.25, 0.3) is 0 Å². The molecule has 0 atom stereocenters. The van der Waals surface area contributed by atoms with Crippen LogP contribution in [0.5, 0.6) is 0 Å². The normalized spacial score (nSPS) is 18.8. The third-order valence-corrected chi connectivity index (χ3v) is 4.28. The van der Waals surface area contributed by atoms with Crippen molar-refractivity contribution in [3.8, 4) is 11.3 Å². The Hall–Kier alpha value is -2.14. The molecular formula is C15H15N3O2. The van der Waals surface area contributed by atoms with Crippen LogP contribution in [0.15, 0.2) is 24.4 Å². The quantitative estimate of drug-likeness (QED) is 0.792. The summed E-state index contributed by atoms with van der Waals surface area (Å²) in [7, 11) is 0. The van der Waals surface area contributed by atoms with Crippen molar-refractivity contribution >= 4 is 11.6 Å². The highest BCUT2D eigenvalue weighted by atomic mass is 16.3. The molecule has 20 heavy (non-hydrogen) atoms. The van der Waals surface area contributed by atoms with Gasteiger partial charge < -0.3 is 15.4 Å². The maximum Gasteiger partial charge on any atom is 0.228 e. The van der Waals surface area contributed by atoms with Crippen LogP contribution in [-0.2, 0) is 16.6 Å². The van der Waals surface area contributed by atoms with Crippen LogP contribution in [0.4, 0.5) is 5.69 Å². The summed E-state index contributed by atoms with van der Waals surface area (Å²) in [5.41, 5.74) is 3.72. The van der Waals surface area contributed by atoms with Crippen molar-refractivity contribution in [2.45, 2.75) is 24.7 Å². The Morgan fingerprint density at radius 2 is 2.20 bits per heavy atom. The second kappa shape index (κ2) is 3.93. The number of aromatic nitrogens is 2. The van der Waals surface area contributed by atoms with Crippen LogP contribution in [0.3, 0.4) is 0 Å². The zero-order chi connectivity index (χ0) is 13.7. The molecule has 2 aliphatic rings. The summed E-state index contributed by atoms with van der Waals surface area (Å²) in [6.07, 6.45) is 4.21. The molecule has 0 spiro atoms. The Bertz CT molecular complexity index is 701. The molecule has 0 saturated heterocycles. The zero-order valence-electron chi connectivity index (χ0n) is 10.9. The first-order valence-corrected chi connectivity index (χ1v) is 6.80. The Balaban J connectivity index is 1.69. The molecule has 0 radical (unpaired) electrons. The number of rotatable bonds is 3. The molecule has 3 N–H and O–H groups in total. The first kappa shape index (κ1) is 11.7. The van der Waals surface area contributed by atoms with Crippen molar-refractivity contribution in [1.29, 1.82) is 0 Å². The summed E-state index contributed by atoms with van der Waals surface area (Å²) in [5, 5.41) is 12.3. The maximum absolute atomic E-state index is 11.4. The maximum atomic E-state index is 11.4. The predicted octanol–water partition coefficient (Wildman–Crippen LogP) is 1.60. The minimum atomic E-state index is -0.146. The van der Waals surface area contributed by atoms with Gasteiger partial charge in [0.1, 0.15) is 5.82 Å². The van der Waals surface area contributed by atoms with E-state index in [0.29, 0.717) is 6.42 Å². The van der Waals surface area contributed by atoms with Gasteiger partial charge in [-0.3, -0.25) is 4.79 Å². The third-order valence-electron chi connectivity index (χ3n) is 4.28. The number of nitrogens with one attached hydrogen (secondary N) is 2. The second-order valence-corrected chi connectivity index (χ2v) is 5.68. The van der Waals surface area contributed by atoms with Crippen LogP contribution >= 0.6 is 0 Å². The van der Waals surface area contributed by atoms with E-state index in [9.17, 15) is 9.90 Å². The van der Waals surface area contributed by atoms with Gasteiger partial charge in [0, 0.05) is 5.69 Å². The summed E-state index contributed by atoms with van der Waals surface area (Å²) in [5.74, 6) is 0.907. The van der Waals surface area contributed by atoms with E-state index in [1.807, 2.05) is 18.2 Å². The van der Waals surface area contributed by atoms with Crippen molar-refractivity contribution in [3.63, 3.8) is 0 Å². The first-order chi connectivity index (χ1) is 9.70. The summed E-state index contributed by atoms with van der Waals surface area (Å²) < 4.78 is 0. The van der Waals surface area contributed by atoms with Crippen LogP contribution in [0.2, 0.25) is 0 Å². The molecule has 0 bridgehead atoms. The van der Waals surface area contributed by atoms with E-state index in [1.54, 1.807) is 6.20 Å². The molecule has 1 fully saturated rings. The van der Waals surface area contributed by atoms with E-state index in [0.717, 1.165) is 41.2 Å². The fraction of sp³-hybridized carbons (Fsp3) is 0.333. The lowest BCUT2D eigenvalue weighted by molar-refractivity contribution is -0.115. The number of hydrogen-bond acceptors (Lipinski definition) is 3. The molecule has 1 aromatic carbocycles. The number of aliphatic hydroxyl groups is 1. The number of imidazole rings is 1. The predicted molar refractivity (Wildman–Crippen MR) is 74.4 cm³/mol.